The number of carbonyl (C=O) groups is 1. The van der Waals surface area contributed by atoms with Crippen LogP contribution in [-0.4, -0.2) is 20.0 Å². The molecule has 0 atom stereocenters. The molecule has 0 amide bonds. The van der Waals surface area contributed by atoms with Gasteiger partial charge >= 0.3 is 0 Å². The van der Waals surface area contributed by atoms with Crippen molar-refractivity contribution in [3.63, 3.8) is 0 Å². The summed E-state index contributed by atoms with van der Waals surface area (Å²) in [5.74, 6) is 1.84. The van der Waals surface area contributed by atoms with Crippen LogP contribution in [0.2, 0.25) is 0 Å². The maximum absolute atomic E-state index is 13.0. The Balaban J connectivity index is 1.72. The molecule has 0 unspecified atom stereocenters. The van der Waals surface area contributed by atoms with E-state index in [9.17, 15) is 4.79 Å². The van der Waals surface area contributed by atoms with E-state index in [1.165, 1.54) is 0 Å². The minimum atomic E-state index is -0.0897. The Hall–Kier alpha value is -3.05. The molecular weight excluding hydrogens is 432 g/mol. The molecule has 3 aromatic rings. The first kappa shape index (κ1) is 19.3. The Morgan fingerprint density at radius 2 is 1.52 bits per heavy atom. The van der Waals surface area contributed by atoms with E-state index in [0.29, 0.717) is 33.9 Å². The molecule has 0 spiro atoms. The predicted molar refractivity (Wildman–Crippen MR) is 116 cm³/mol. The lowest BCUT2D eigenvalue weighted by Gasteiger charge is -2.15. The number of allylic oxidation sites excluding steroid dienone is 1. The van der Waals surface area contributed by atoms with Crippen molar-refractivity contribution in [2.45, 2.75) is 6.61 Å². The number of hydrogen-bond acceptors (Lipinski definition) is 4. The summed E-state index contributed by atoms with van der Waals surface area (Å²) in [4.78, 5) is 13.0. The van der Waals surface area contributed by atoms with Gasteiger partial charge in [0.1, 0.15) is 23.9 Å². The second kappa shape index (κ2) is 8.13. The van der Waals surface area contributed by atoms with Gasteiger partial charge in [-0.25, -0.2) is 0 Å². The van der Waals surface area contributed by atoms with Gasteiger partial charge in [0.15, 0.2) is 0 Å². The highest BCUT2D eigenvalue weighted by Crippen LogP contribution is 2.47. The molecule has 0 radical (unpaired) electrons. The molecule has 0 saturated heterocycles. The number of methoxy groups -OCH3 is 2. The van der Waals surface area contributed by atoms with Gasteiger partial charge in [-0.15, -0.1) is 0 Å². The van der Waals surface area contributed by atoms with Crippen molar-refractivity contribution in [2.75, 3.05) is 14.2 Å². The number of Topliss-reactive ketones (excluding diaryl/α,β-unsaturated/α-hetero) is 1. The van der Waals surface area contributed by atoms with Gasteiger partial charge in [-0.3, -0.25) is 4.79 Å². The summed E-state index contributed by atoms with van der Waals surface area (Å²) in [6.07, 6.45) is 0. The molecule has 0 saturated carbocycles. The molecule has 3 aromatic carbocycles. The van der Waals surface area contributed by atoms with E-state index in [1.807, 2.05) is 60.7 Å². The van der Waals surface area contributed by atoms with Crippen LogP contribution < -0.4 is 14.2 Å². The van der Waals surface area contributed by atoms with Crippen LogP contribution in [0.5, 0.6) is 17.2 Å². The van der Waals surface area contributed by atoms with Crippen molar-refractivity contribution in [3.8, 4) is 17.2 Å². The summed E-state index contributed by atoms with van der Waals surface area (Å²) < 4.78 is 17.5. The van der Waals surface area contributed by atoms with Crippen LogP contribution in [0.15, 0.2) is 71.2 Å². The summed E-state index contributed by atoms with van der Waals surface area (Å²) in [7, 11) is 3.20. The number of hydrogen-bond donors (Lipinski definition) is 0. The van der Waals surface area contributed by atoms with E-state index in [4.69, 9.17) is 14.2 Å². The molecule has 4 nitrogen and oxygen atoms in total. The number of ketones is 1. The van der Waals surface area contributed by atoms with E-state index in [1.54, 1.807) is 20.3 Å². The summed E-state index contributed by atoms with van der Waals surface area (Å²) in [6, 6.07) is 21.0. The Kier molecular flexibility index (Phi) is 5.41. The lowest BCUT2D eigenvalue weighted by Crippen LogP contribution is -1.99. The maximum atomic E-state index is 13.0. The highest BCUT2D eigenvalue weighted by atomic mass is 79.9. The quantitative estimate of drug-likeness (QED) is 0.487. The largest absolute Gasteiger partial charge is 0.496 e. The van der Waals surface area contributed by atoms with Gasteiger partial charge in [-0.1, -0.05) is 36.4 Å². The van der Waals surface area contributed by atoms with Gasteiger partial charge in [0.2, 0.25) is 5.78 Å². The lowest BCUT2D eigenvalue weighted by atomic mass is 9.97. The Labute approximate surface area is 177 Å². The average molecular weight is 451 g/mol. The van der Waals surface area contributed by atoms with Crippen LogP contribution in [-0.2, 0) is 6.61 Å². The van der Waals surface area contributed by atoms with Crippen LogP contribution in [0.4, 0.5) is 0 Å². The SMILES string of the molecule is COc1cccc(OC)c1C1=C(Br)C(=O)c2cc(OCc3ccccc3)ccc21. The number of benzene rings is 3. The molecule has 146 valence electrons. The van der Waals surface area contributed by atoms with E-state index >= 15 is 0 Å². The number of carbonyl (C=O) groups excluding carboxylic acids is 1. The summed E-state index contributed by atoms with van der Waals surface area (Å²) in [5, 5.41) is 0. The molecule has 0 bridgehead atoms. The molecule has 0 fully saturated rings. The second-order valence-electron chi connectivity index (χ2n) is 6.54. The normalized spacial score (nSPS) is 12.7. The third kappa shape index (κ3) is 3.54. The summed E-state index contributed by atoms with van der Waals surface area (Å²) >= 11 is 3.49. The number of rotatable bonds is 6. The minimum absolute atomic E-state index is 0.0897. The fourth-order valence-corrected chi connectivity index (χ4v) is 4.08. The smallest absolute Gasteiger partial charge is 0.201 e. The summed E-state index contributed by atoms with van der Waals surface area (Å²) in [5.41, 5.74) is 3.98. The zero-order valence-corrected chi connectivity index (χ0v) is 17.7. The van der Waals surface area contributed by atoms with E-state index in [0.717, 1.165) is 22.3 Å². The highest BCUT2D eigenvalue weighted by Gasteiger charge is 2.32. The molecule has 0 aliphatic heterocycles. The molecule has 0 aromatic heterocycles. The van der Waals surface area contributed by atoms with Gasteiger partial charge in [-0.05, 0) is 57.4 Å². The Bertz CT molecular complexity index is 1080. The van der Waals surface area contributed by atoms with Crippen LogP contribution in [0, 0.1) is 0 Å². The Morgan fingerprint density at radius 3 is 2.17 bits per heavy atom. The monoisotopic (exact) mass is 450 g/mol. The van der Waals surface area contributed by atoms with Gasteiger partial charge in [0, 0.05) is 11.1 Å². The second-order valence-corrected chi connectivity index (χ2v) is 7.33. The first-order valence-corrected chi connectivity index (χ1v) is 9.90. The van der Waals surface area contributed by atoms with Crippen molar-refractivity contribution in [2.24, 2.45) is 0 Å². The number of ether oxygens (including phenoxy) is 3. The van der Waals surface area contributed by atoms with Gasteiger partial charge < -0.3 is 14.2 Å². The highest BCUT2D eigenvalue weighted by molar-refractivity contribution is 9.12. The molecular formula is C24H19BrO4. The van der Waals surface area contributed by atoms with Crippen molar-refractivity contribution < 1.29 is 19.0 Å². The number of fused-ring (bicyclic) bond motifs is 1. The fourth-order valence-electron chi connectivity index (χ4n) is 3.45. The van der Waals surface area contributed by atoms with Gasteiger partial charge in [0.05, 0.1) is 24.3 Å². The lowest BCUT2D eigenvalue weighted by molar-refractivity contribution is 0.104. The van der Waals surface area contributed by atoms with Crippen LogP contribution in [0.3, 0.4) is 0 Å². The third-order valence-corrected chi connectivity index (χ3v) is 5.61. The fraction of sp³-hybridized carbons (Fsp3) is 0.125. The van der Waals surface area contributed by atoms with Crippen molar-refractivity contribution in [1.29, 1.82) is 0 Å². The van der Waals surface area contributed by atoms with Crippen LogP contribution in [0.1, 0.15) is 27.0 Å². The molecule has 1 aliphatic rings. The summed E-state index contributed by atoms with van der Waals surface area (Å²) in [6.45, 7) is 0.440. The van der Waals surface area contributed by atoms with Gasteiger partial charge in [-0.2, -0.15) is 0 Å². The topological polar surface area (TPSA) is 44.8 Å². The molecule has 1 aliphatic carbocycles. The predicted octanol–water partition coefficient (Wildman–Crippen LogP) is 5.63. The van der Waals surface area contributed by atoms with Crippen LogP contribution >= 0.6 is 15.9 Å². The standard InChI is InChI=1S/C24H19BrO4/c1-27-19-9-6-10-20(28-2)22(19)21-17-12-11-16(13-18(17)24(26)23(21)25)29-14-15-7-4-3-5-8-15/h3-13H,14H2,1-2H3. The molecule has 29 heavy (non-hydrogen) atoms. The maximum Gasteiger partial charge on any atom is 0.201 e. The first-order chi connectivity index (χ1) is 14.1. The molecule has 5 heteroatoms. The third-order valence-electron chi connectivity index (χ3n) is 4.85. The first-order valence-electron chi connectivity index (χ1n) is 9.11. The van der Waals surface area contributed by atoms with Gasteiger partial charge in [0.25, 0.3) is 0 Å². The Morgan fingerprint density at radius 1 is 0.828 bits per heavy atom. The average Bonchev–Trinajstić information content (AvgIpc) is 3.02. The van der Waals surface area contributed by atoms with E-state index < -0.39 is 0 Å². The van der Waals surface area contributed by atoms with Crippen molar-refractivity contribution in [1.82, 2.24) is 0 Å². The van der Waals surface area contributed by atoms with Crippen molar-refractivity contribution in [3.05, 3.63) is 93.5 Å². The van der Waals surface area contributed by atoms with Crippen molar-refractivity contribution >= 4 is 27.3 Å². The molecule has 0 N–H and O–H groups in total. The zero-order chi connectivity index (χ0) is 20.4. The molecule has 4 rings (SSSR count). The zero-order valence-electron chi connectivity index (χ0n) is 16.1. The van der Waals surface area contributed by atoms with E-state index in [-0.39, 0.29) is 5.78 Å². The minimum Gasteiger partial charge on any atom is -0.496 e. The van der Waals surface area contributed by atoms with Crippen LogP contribution in [0.25, 0.3) is 5.57 Å². The number of halogens is 1. The molecule has 0 heterocycles. The van der Waals surface area contributed by atoms with E-state index in [2.05, 4.69) is 15.9 Å².